The fraction of sp³-hybridized carbons (Fsp3) is 0.625. The molecule has 4 nitrogen and oxygen atoms in total. The maximum absolute atomic E-state index is 9.72. The number of fused-ring (bicyclic) bond motifs is 1. The van der Waals surface area contributed by atoms with Crippen molar-refractivity contribution in [3.63, 3.8) is 0 Å². The molecule has 1 fully saturated rings. The van der Waals surface area contributed by atoms with Gasteiger partial charge < -0.3 is 20.4 Å². The zero-order chi connectivity index (χ0) is 13.9. The lowest BCUT2D eigenvalue weighted by Crippen LogP contribution is -2.35. The molecule has 22 heavy (non-hydrogen) atoms. The van der Waals surface area contributed by atoms with Crippen LogP contribution in [0.5, 0.6) is 11.5 Å². The number of rotatable bonds is 3. The predicted molar refractivity (Wildman–Crippen MR) is 99.8 cm³/mol. The summed E-state index contributed by atoms with van der Waals surface area (Å²) < 4.78 is 0. The molecular weight excluding hydrogens is 412 g/mol. The highest BCUT2D eigenvalue weighted by Gasteiger charge is 2.22. The van der Waals surface area contributed by atoms with Crippen LogP contribution >= 0.6 is 34.0 Å². The van der Waals surface area contributed by atoms with Crippen LogP contribution < -0.4 is 5.32 Å². The van der Waals surface area contributed by atoms with E-state index >= 15 is 0 Å². The molecule has 0 aromatic heterocycles. The normalized spacial score (nSPS) is 21.4. The Morgan fingerprint density at radius 1 is 1.05 bits per heavy atom. The molecular formula is C16H26Br2N2O2. The fourth-order valence-electron chi connectivity index (χ4n) is 3.42. The lowest BCUT2D eigenvalue weighted by Gasteiger charge is -2.31. The molecule has 1 atom stereocenters. The van der Waals surface area contributed by atoms with Crippen molar-refractivity contribution in [3.8, 4) is 11.5 Å². The van der Waals surface area contributed by atoms with E-state index in [4.69, 9.17) is 0 Å². The summed E-state index contributed by atoms with van der Waals surface area (Å²) in [4.78, 5) is 2.54. The van der Waals surface area contributed by atoms with E-state index in [0.29, 0.717) is 6.04 Å². The van der Waals surface area contributed by atoms with Crippen molar-refractivity contribution in [1.29, 1.82) is 0 Å². The molecule has 2 aliphatic heterocycles. The average molecular weight is 438 g/mol. The van der Waals surface area contributed by atoms with Crippen LogP contribution in [0.2, 0.25) is 0 Å². The summed E-state index contributed by atoms with van der Waals surface area (Å²) in [6, 6.07) is 3.75. The number of piperidine rings is 1. The van der Waals surface area contributed by atoms with Gasteiger partial charge in [0.2, 0.25) is 0 Å². The van der Waals surface area contributed by atoms with E-state index in [2.05, 4.69) is 10.2 Å². The number of likely N-dealkylation sites (tertiary alicyclic amines) is 1. The first-order chi connectivity index (χ1) is 9.74. The molecule has 0 amide bonds. The molecule has 126 valence electrons. The Bertz CT molecular complexity index is 479. The maximum atomic E-state index is 9.72. The van der Waals surface area contributed by atoms with Gasteiger partial charge in [-0.2, -0.15) is 0 Å². The first-order valence-electron chi connectivity index (χ1n) is 7.74. The lowest BCUT2D eigenvalue weighted by molar-refractivity contribution is 0.216. The van der Waals surface area contributed by atoms with Gasteiger partial charge in [-0.1, -0.05) is 6.42 Å². The molecule has 0 aliphatic carbocycles. The number of phenols is 2. The van der Waals surface area contributed by atoms with Gasteiger partial charge in [-0.25, -0.2) is 0 Å². The van der Waals surface area contributed by atoms with Gasteiger partial charge in [0.25, 0.3) is 0 Å². The predicted octanol–water partition coefficient (Wildman–Crippen LogP) is 3.32. The third-order valence-electron chi connectivity index (χ3n) is 4.58. The van der Waals surface area contributed by atoms with Gasteiger partial charge in [0.05, 0.1) is 0 Å². The third-order valence-corrected chi connectivity index (χ3v) is 4.58. The second-order valence-corrected chi connectivity index (χ2v) is 5.99. The van der Waals surface area contributed by atoms with Gasteiger partial charge in [-0.05, 0) is 75.1 Å². The summed E-state index contributed by atoms with van der Waals surface area (Å²) in [6.07, 6.45) is 6.00. The Balaban J connectivity index is 0.00000121. The summed E-state index contributed by atoms with van der Waals surface area (Å²) in [5, 5.41) is 22.9. The number of aromatic hydroxyl groups is 2. The molecule has 6 heteroatoms. The van der Waals surface area contributed by atoms with E-state index in [9.17, 15) is 10.2 Å². The smallest absolute Gasteiger partial charge is 0.157 e. The van der Waals surface area contributed by atoms with Crippen LogP contribution in [0.3, 0.4) is 0 Å². The second kappa shape index (κ2) is 9.11. The van der Waals surface area contributed by atoms with Crippen LogP contribution in [0.15, 0.2) is 12.1 Å². The number of nitrogens with zero attached hydrogens (tertiary/aromatic N) is 1. The molecule has 3 rings (SSSR count). The van der Waals surface area contributed by atoms with Gasteiger partial charge in [-0.15, -0.1) is 34.0 Å². The maximum Gasteiger partial charge on any atom is 0.157 e. The summed E-state index contributed by atoms with van der Waals surface area (Å²) in [6.45, 7) is 4.50. The molecule has 1 aromatic carbocycles. The number of halogens is 2. The van der Waals surface area contributed by atoms with Crippen LogP contribution in [0.25, 0.3) is 0 Å². The zero-order valence-electron chi connectivity index (χ0n) is 12.8. The monoisotopic (exact) mass is 436 g/mol. The molecule has 3 N–H and O–H groups in total. The van der Waals surface area contributed by atoms with Crippen LogP contribution in [0.1, 0.15) is 42.9 Å². The van der Waals surface area contributed by atoms with Crippen molar-refractivity contribution in [3.05, 3.63) is 23.3 Å². The number of benzene rings is 1. The highest BCUT2D eigenvalue weighted by atomic mass is 79.9. The quantitative estimate of drug-likeness (QED) is 0.635. The summed E-state index contributed by atoms with van der Waals surface area (Å²) >= 11 is 0. The first kappa shape index (κ1) is 19.7. The summed E-state index contributed by atoms with van der Waals surface area (Å²) in [7, 11) is 0. The van der Waals surface area contributed by atoms with E-state index in [0.717, 1.165) is 31.5 Å². The number of phenolic OH excluding ortho intramolecular Hbond substituents is 2. The topological polar surface area (TPSA) is 55.7 Å². The molecule has 1 unspecified atom stereocenters. The fourth-order valence-corrected chi connectivity index (χ4v) is 3.42. The van der Waals surface area contributed by atoms with E-state index in [-0.39, 0.29) is 45.5 Å². The third kappa shape index (κ3) is 4.60. The Morgan fingerprint density at radius 2 is 1.73 bits per heavy atom. The molecule has 2 aliphatic rings. The SMILES string of the molecule is Br.Br.Oc1cc2c(cc1O)C(CCN1CCCCC1)NCC2. The molecule has 2 heterocycles. The van der Waals surface area contributed by atoms with Crippen LogP contribution in [-0.2, 0) is 6.42 Å². The van der Waals surface area contributed by atoms with Crippen LogP contribution in [0.4, 0.5) is 0 Å². The van der Waals surface area contributed by atoms with E-state index in [1.165, 1.54) is 37.9 Å². The Kier molecular flexibility index (Phi) is 8.17. The lowest BCUT2D eigenvalue weighted by atomic mass is 9.91. The van der Waals surface area contributed by atoms with Crippen LogP contribution in [0, 0.1) is 0 Å². The Morgan fingerprint density at radius 3 is 2.45 bits per heavy atom. The van der Waals surface area contributed by atoms with Crippen molar-refractivity contribution in [2.24, 2.45) is 0 Å². The largest absolute Gasteiger partial charge is 0.504 e. The minimum Gasteiger partial charge on any atom is -0.504 e. The summed E-state index contributed by atoms with van der Waals surface area (Å²) in [5.41, 5.74) is 2.33. The number of hydrogen-bond donors (Lipinski definition) is 3. The Hall–Kier alpha value is -0.300. The van der Waals surface area contributed by atoms with Crippen molar-refractivity contribution in [2.75, 3.05) is 26.2 Å². The summed E-state index contributed by atoms with van der Waals surface area (Å²) in [5.74, 6) is -0.00384. The standard InChI is InChI=1S/C16H24N2O2.2BrH/c19-15-10-12-4-6-17-14(13(12)11-16(15)20)5-9-18-7-2-1-3-8-18;;/h10-11,14,17,19-20H,1-9H2;2*1H. The van der Waals surface area contributed by atoms with Crippen LogP contribution in [-0.4, -0.2) is 41.3 Å². The van der Waals surface area contributed by atoms with Crippen molar-refractivity contribution < 1.29 is 10.2 Å². The molecule has 0 radical (unpaired) electrons. The van der Waals surface area contributed by atoms with Gasteiger partial charge in [0, 0.05) is 6.04 Å². The average Bonchev–Trinajstić information content (AvgIpc) is 2.47. The van der Waals surface area contributed by atoms with E-state index in [1.54, 1.807) is 12.1 Å². The zero-order valence-corrected chi connectivity index (χ0v) is 16.2. The van der Waals surface area contributed by atoms with Gasteiger partial charge >= 0.3 is 0 Å². The molecule has 0 spiro atoms. The molecule has 1 saturated heterocycles. The Labute approximate surface area is 153 Å². The highest BCUT2D eigenvalue weighted by molar-refractivity contribution is 8.93. The van der Waals surface area contributed by atoms with Crippen molar-refractivity contribution >= 4 is 34.0 Å². The first-order valence-corrected chi connectivity index (χ1v) is 7.74. The van der Waals surface area contributed by atoms with Crippen molar-refractivity contribution in [2.45, 2.75) is 38.1 Å². The van der Waals surface area contributed by atoms with Crippen molar-refractivity contribution in [1.82, 2.24) is 10.2 Å². The van der Waals surface area contributed by atoms with Gasteiger partial charge in [-0.3, -0.25) is 0 Å². The highest BCUT2D eigenvalue weighted by Crippen LogP contribution is 2.34. The van der Waals surface area contributed by atoms with E-state index in [1.807, 2.05) is 0 Å². The molecule has 0 bridgehead atoms. The van der Waals surface area contributed by atoms with Gasteiger partial charge in [0.15, 0.2) is 11.5 Å². The minimum absolute atomic E-state index is 0. The molecule has 1 aromatic rings. The number of hydrogen-bond acceptors (Lipinski definition) is 4. The second-order valence-electron chi connectivity index (χ2n) is 5.99. The molecule has 0 saturated carbocycles. The number of nitrogens with one attached hydrogen (secondary N) is 1. The van der Waals surface area contributed by atoms with E-state index < -0.39 is 0 Å². The minimum atomic E-state index is -0.00424. The van der Waals surface area contributed by atoms with Gasteiger partial charge in [0.1, 0.15) is 0 Å².